The van der Waals surface area contributed by atoms with E-state index in [9.17, 15) is 9.18 Å². The minimum atomic E-state index is -0.416. The van der Waals surface area contributed by atoms with Crippen molar-refractivity contribution < 1.29 is 13.7 Å². The summed E-state index contributed by atoms with van der Waals surface area (Å²) < 4.78 is 17.6. The molecule has 0 radical (unpaired) electrons. The van der Waals surface area contributed by atoms with Crippen LogP contribution in [0.4, 0.5) is 4.39 Å². The van der Waals surface area contributed by atoms with Gasteiger partial charge in [0.25, 0.3) is 5.91 Å². The second-order valence-electron chi connectivity index (χ2n) is 3.75. The van der Waals surface area contributed by atoms with Crippen LogP contribution in [0.5, 0.6) is 0 Å². The molecule has 18 heavy (non-hydrogen) atoms. The van der Waals surface area contributed by atoms with Crippen molar-refractivity contribution in [1.82, 2.24) is 10.5 Å². The number of hydrogen-bond donors (Lipinski definition) is 1. The average molecular weight is 269 g/mol. The van der Waals surface area contributed by atoms with Crippen LogP contribution >= 0.6 is 11.6 Å². The summed E-state index contributed by atoms with van der Waals surface area (Å²) in [4.78, 5) is 11.6. The Labute approximate surface area is 108 Å². The van der Waals surface area contributed by atoms with Crippen LogP contribution in [0, 0.1) is 12.7 Å². The Bertz CT molecular complexity index is 583. The molecular weight excluding hydrogens is 259 g/mol. The molecule has 94 valence electrons. The third-order valence-electron chi connectivity index (χ3n) is 2.31. The molecular formula is C12H10ClFN2O2. The number of amides is 1. The number of aromatic nitrogens is 1. The average Bonchev–Trinajstić information content (AvgIpc) is 2.74. The molecule has 0 aliphatic rings. The van der Waals surface area contributed by atoms with Crippen molar-refractivity contribution in [2.75, 3.05) is 0 Å². The fourth-order valence-corrected chi connectivity index (χ4v) is 1.63. The van der Waals surface area contributed by atoms with Crippen molar-refractivity contribution in [3.8, 4) is 0 Å². The van der Waals surface area contributed by atoms with Gasteiger partial charge in [-0.2, -0.15) is 0 Å². The molecule has 1 aromatic carbocycles. The van der Waals surface area contributed by atoms with E-state index in [1.165, 1.54) is 24.3 Å². The summed E-state index contributed by atoms with van der Waals surface area (Å²) in [5, 5.41) is 6.49. The Balaban J connectivity index is 2.01. The van der Waals surface area contributed by atoms with E-state index in [1.54, 1.807) is 6.92 Å². The zero-order valence-corrected chi connectivity index (χ0v) is 10.3. The van der Waals surface area contributed by atoms with Gasteiger partial charge in [-0.1, -0.05) is 22.8 Å². The number of carbonyl (C=O) groups excluding carboxylic acids is 1. The van der Waals surface area contributed by atoms with Crippen LogP contribution in [-0.2, 0) is 6.54 Å². The first-order chi connectivity index (χ1) is 8.56. The van der Waals surface area contributed by atoms with Gasteiger partial charge in [0.2, 0.25) is 5.76 Å². The van der Waals surface area contributed by atoms with Gasteiger partial charge in [-0.25, -0.2) is 4.39 Å². The summed E-state index contributed by atoms with van der Waals surface area (Å²) in [6.45, 7) is 1.91. The van der Waals surface area contributed by atoms with Crippen LogP contribution in [0.15, 0.2) is 28.8 Å². The van der Waals surface area contributed by atoms with Crippen LogP contribution < -0.4 is 5.32 Å². The van der Waals surface area contributed by atoms with E-state index < -0.39 is 11.7 Å². The van der Waals surface area contributed by atoms with Crippen molar-refractivity contribution in [3.05, 3.63) is 52.1 Å². The lowest BCUT2D eigenvalue weighted by atomic mass is 10.2. The summed E-state index contributed by atoms with van der Waals surface area (Å²) in [7, 11) is 0. The lowest BCUT2D eigenvalue weighted by Crippen LogP contribution is -2.22. The van der Waals surface area contributed by atoms with Crippen molar-refractivity contribution in [1.29, 1.82) is 0 Å². The highest BCUT2D eigenvalue weighted by Gasteiger charge is 2.11. The van der Waals surface area contributed by atoms with Gasteiger partial charge in [0.05, 0.1) is 5.69 Å². The van der Waals surface area contributed by atoms with Crippen molar-refractivity contribution in [3.63, 3.8) is 0 Å². The lowest BCUT2D eigenvalue weighted by molar-refractivity contribution is 0.0914. The molecule has 0 saturated carbocycles. The van der Waals surface area contributed by atoms with Gasteiger partial charge in [-0.15, -0.1) is 0 Å². The molecule has 0 fully saturated rings. The normalized spacial score (nSPS) is 10.4. The first-order valence-electron chi connectivity index (χ1n) is 5.21. The van der Waals surface area contributed by atoms with Gasteiger partial charge in [-0.05, 0) is 24.6 Å². The minimum absolute atomic E-state index is 0.130. The molecule has 4 nitrogen and oxygen atoms in total. The number of nitrogens with one attached hydrogen (secondary N) is 1. The smallest absolute Gasteiger partial charge is 0.290 e. The molecule has 0 saturated heterocycles. The number of aryl methyl sites for hydroxylation is 1. The fraction of sp³-hybridized carbons (Fsp3) is 0.167. The molecule has 1 amide bonds. The highest BCUT2D eigenvalue weighted by atomic mass is 35.5. The molecule has 0 bridgehead atoms. The summed E-state index contributed by atoms with van der Waals surface area (Å²) in [5.41, 5.74) is 1.25. The minimum Gasteiger partial charge on any atom is -0.351 e. The van der Waals surface area contributed by atoms with Crippen LogP contribution in [-0.4, -0.2) is 11.1 Å². The third kappa shape index (κ3) is 2.87. The maximum atomic E-state index is 12.8. The Morgan fingerprint density at radius 2 is 2.28 bits per heavy atom. The van der Waals surface area contributed by atoms with E-state index >= 15 is 0 Å². The monoisotopic (exact) mass is 268 g/mol. The van der Waals surface area contributed by atoms with Gasteiger partial charge < -0.3 is 9.84 Å². The lowest BCUT2D eigenvalue weighted by Gasteiger charge is -2.05. The van der Waals surface area contributed by atoms with E-state index in [0.717, 1.165) is 0 Å². The van der Waals surface area contributed by atoms with Crippen molar-refractivity contribution >= 4 is 17.5 Å². The van der Waals surface area contributed by atoms with Crippen molar-refractivity contribution in [2.45, 2.75) is 13.5 Å². The molecule has 1 heterocycles. The summed E-state index contributed by atoms with van der Waals surface area (Å²) >= 11 is 5.84. The van der Waals surface area contributed by atoms with Crippen LogP contribution in [0.2, 0.25) is 5.02 Å². The highest BCUT2D eigenvalue weighted by molar-refractivity contribution is 6.31. The van der Waals surface area contributed by atoms with E-state index in [4.69, 9.17) is 16.1 Å². The zero-order valence-electron chi connectivity index (χ0n) is 9.54. The summed E-state index contributed by atoms with van der Waals surface area (Å²) in [6, 6.07) is 5.53. The molecule has 0 atom stereocenters. The van der Waals surface area contributed by atoms with E-state index in [2.05, 4.69) is 10.5 Å². The molecule has 0 aliphatic heterocycles. The third-order valence-corrected chi connectivity index (χ3v) is 2.66. The maximum Gasteiger partial charge on any atom is 0.290 e. The standard InChI is InChI=1S/C12H10ClFN2O2/c1-7-4-11(18-16-7)12(17)15-6-8-2-3-9(14)5-10(8)13/h2-5H,6H2,1H3,(H,15,17). The van der Waals surface area contributed by atoms with Gasteiger partial charge in [0.1, 0.15) is 5.82 Å². The molecule has 0 aliphatic carbocycles. The van der Waals surface area contributed by atoms with Crippen LogP contribution in [0.3, 0.4) is 0 Å². The first kappa shape index (κ1) is 12.6. The summed E-state index contributed by atoms with van der Waals surface area (Å²) in [6.07, 6.45) is 0. The Morgan fingerprint density at radius 3 is 2.89 bits per heavy atom. The molecule has 1 aromatic heterocycles. The molecule has 2 rings (SSSR count). The summed E-state index contributed by atoms with van der Waals surface area (Å²) in [5.74, 6) is -0.678. The van der Waals surface area contributed by atoms with Gasteiger partial charge in [-0.3, -0.25) is 4.79 Å². The predicted octanol–water partition coefficient (Wildman–Crippen LogP) is 2.71. The van der Waals surface area contributed by atoms with Crippen LogP contribution in [0.25, 0.3) is 0 Å². The zero-order chi connectivity index (χ0) is 13.1. The van der Waals surface area contributed by atoms with E-state index in [-0.39, 0.29) is 17.3 Å². The molecule has 6 heteroatoms. The topological polar surface area (TPSA) is 55.1 Å². The number of rotatable bonds is 3. The number of nitrogens with zero attached hydrogens (tertiary/aromatic N) is 1. The van der Waals surface area contributed by atoms with Gasteiger partial charge >= 0.3 is 0 Å². The molecule has 0 unspecified atom stereocenters. The Kier molecular flexibility index (Phi) is 3.62. The van der Waals surface area contributed by atoms with Gasteiger partial charge in [0.15, 0.2) is 0 Å². The largest absolute Gasteiger partial charge is 0.351 e. The SMILES string of the molecule is Cc1cc(C(=O)NCc2ccc(F)cc2Cl)on1. The van der Waals surface area contributed by atoms with Gasteiger partial charge in [0, 0.05) is 17.6 Å². The second-order valence-corrected chi connectivity index (χ2v) is 4.16. The van der Waals surface area contributed by atoms with Crippen molar-refractivity contribution in [2.24, 2.45) is 0 Å². The number of carbonyl (C=O) groups is 1. The van der Waals surface area contributed by atoms with E-state index in [0.29, 0.717) is 11.3 Å². The fourth-order valence-electron chi connectivity index (χ4n) is 1.40. The quantitative estimate of drug-likeness (QED) is 0.931. The maximum absolute atomic E-state index is 12.8. The Morgan fingerprint density at radius 1 is 1.50 bits per heavy atom. The second kappa shape index (κ2) is 5.18. The molecule has 0 spiro atoms. The first-order valence-corrected chi connectivity index (χ1v) is 5.59. The Hall–Kier alpha value is -1.88. The predicted molar refractivity (Wildman–Crippen MR) is 63.8 cm³/mol. The number of halogens is 2. The van der Waals surface area contributed by atoms with E-state index in [1.807, 2.05) is 0 Å². The molecule has 2 aromatic rings. The highest BCUT2D eigenvalue weighted by Crippen LogP contribution is 2.17. The van der Waals surface area contributed by atoms with Crippen LogP contribution in [0.1, 0.15) is 21.8 Å². The molecule has 1 N–H and O–H groups in total. The number of benzene rings is 1. The number of hydrogen-bond acceptors (Lipinski definition) is 3.